The maximum atomic E-state index is 12.0. The maximum absolute atomic E-state index is 12.0. The lowest BCUT2D eigenvalue weighted by molar-refractivity contribution is -0.143. The molecule has 3 unspecified atom stereocenters. The molecule has 1 spiro atoms. The van der Waals surface area contributed by atoms with E-state index in [1.54, 1.807) is 4.90 Å². The van der Waals surface area contributed by atoms with Crippen molar-refractivity contribution in [2.24, 2.45) is 11.3 Å². The lowest BCUT2D eigenvalue weighted by Crippen LogP contribution is -2.69. The molecule has 2 aliphatic heterocycles. The summed E-state index contributed by atoms with van der Waals surface area (Å²) in [4.78, 5) is 25.5. The van der Waals surface area contributed by atoms with Crippen LogP contribution in [0, 0.1) is 11.3 Å². The van der Waals surface area contributed by atoms with Gasteiger partial charge in [-0.25, -0.2) is 0 Å². The first-order chi connectivity index (χ1) is 12.2. The number of nitrogens with zero attached hydrogens (tertiary/aromatic N) is 1. The Hall–Kier alpha value is -0.940. The van der Waals surface area contributed by atoms with Crippen molar-refractivity contribution in [3.05, 3.63) is 0 Å². The zero-order valence-corrected chi connectivity index (χ0v) is 15.0. The molecule has 3 saturated carbocycles. The molecule has 25 heavy (non-hydrogen) atoms. The van der Waals surface area contributed by atoms with Gasteiger partial charge in [0.25, 0.3) is 0 Å². The minimum absolute atomic E-state index is 0.0521. The second-order valence-corrected chi connectivity index (χ2v) is 8.99. The molecule has 0 aromatic rings. The number of carbonyl (C=O) groups is 2. The molecule has 0 aromatic carbocycles. The van der Waals surface area contributed by atoms with Gasteiger partial charge in [-0.3, -0.25) is 14.5 Å². The van der Waals surface area contributed by atoms with E-state index in [-0.39, 0.29) is 17.9 Å². The number of fused-ring (bicyclic) bond motifs is 2. The normalized spacial score (nSPS) is 42.9. The molecule has 5 rings (SSSR count). The summed E-state index contributed by atoms with van der Waals surface area (Å²) >= 11 is 0. The standard InChI is InChI=1S/C20H30N2O3/c23-16-7-8-17(24)22(16)14-5-3-13(4-6-14)21-18-15-9-12-25-19(15)20(18)10-1-2-11-20/h13-15,18-19,21H,1-12H2. The third-order valence-electron chi connectivity index (χ3n) is 7.85. The summed E-state index contributed by atoms with van der Waals surface area (Å²) < 4.78 is 6.10. The van der Waals surface area contributed by atoms with E-state index in [1.165, 1.54) is 32.1 Å². The van der Waals surface area contributed by atoms with Gasteiger partial charge in [-0.2, -0.15) is 0 Å². The predicted octanol–water partition coefficient (Wildman–Crippen LogP) is 2.38. The molecule has 3 atom stereocenters. The Bertz CT molecular complexity index is 547. The number of ether oxygens (including phenoxy) is 1. The maximum Gasteiger partial charge on any atom is 0.229 e. The first-order valence-electron chi connectivity index (χ1n) is 10.4. The molecule has 2 saturated heterocycles. The fourth-order valence-electron chi connectivity index (χ4n) is 6.70. The lowest BCUT2D eigenvalue weighted by Gasteiger charge is -2.58. The molecule has 5 aliphatic rings. The summed E-state index contributed by atoms with van der Waals surface area (Å²) in [6.45, 7) is 0.946. The molecule has 5 fully saturated rings. The van der Waals surface area contributed by atoms with Crippen LogP contribution in [-0.2, 0) is 14.3 Å². The van der Waals surface area contributed by atoms with Crippen molar-refractivity contribution < 1.29 is 14.3 Å². The minimum Gasteiger partial charge on any atom is -0.377 e. The van der Waals surface area contributed by atoms with Gasteiger partial charge in [0.2, 0.25) is 11.8 Å². The monoisotopic (exact) mass is 346 g/mol. The van der Waals surface area contributed by atoms with E-state index in [2.05, 4.69) is 5.32 Å². The molecule has 1 N–H and O–H groups in total. The largest absolute Gasteiger partial charge is 0.377 e. The smallest absolute Gasteiger partial charge is 0.229 e. The molecule has 5 nitrogen and oxygen atoms in total. The fraction of sp³-hybridized carbons (Fsp3) is 0.900. The molecular formula is C20H30N2O3. The van der Waals surface area contributed by atoms with Crippen molar-refractivity contribution >= 4 is 11.8 Å². The third kappa shape index (κ3) is 2.42. The van der Waals surface area contributed by atoms with Crippen molar-refractivity contribution in [1.29, 1.82) is 0 Å². The highest BCUT2D eigenvalue weighted by molar-refractivity contribution is 6.02. The Labute approximate surface area is 149 Å². The van der Waals surface area contributed by atoms with Gasteiger partial charge in [0.1, 0.15) is 0 Å². The molecule has 2 amide bonds. The van der Waals surface area contributed by atoms with E-state index in [1.807, 2.05) is 0 Å². The molecule has 3 aliphatic carbocycles. The summed E-state index contributed by atoms with van der Waals surface area (Å²) in [5, 5.41) is 4.02. The van der Waals surface area contributed by atoms with Gasteiger partial charge in [-0.05, 0) is 44.9 Å². The topological polar surface area (TPSA) is 58.6 Å². The average Bonchev–Trinajstić information content (AvgIpc) is 3.33. The second kappa shape index (κ2) is 6.05. The predicted molar refractivity (Wildman–Crippen MR) is 92.8 cm³/mol. The van der Waals surface area contributed by atoms with Gasteiger partial charge in [0.05, 0.1) is 6.10 Å². The van der Waals surface area contributed by atoms with Gasteiger partial charge in [-0.15, -0.1) is 0 Å². The van der Waals surface area contributed by atoms with E-state index in [0.29, 0.717) is 36.4 Å². The zero-order chi connectivity index (χ0) is 17.0. The second-order valence-electron chi connectivity index (χ2n) is 8.99. The van der Waals surface area contributed by atoms with Crippen molar-refractivity contribution in [2.75, 3.05) is 6.61 Å². The van der Waals surface area contributed by atoms with Crippen LogP contribution in [0.4, 0.5) is 0 Å². The Morgan fingerprint density at radius 3 is 2.32 bits per heavy atom. The van der Waals surface area contributed by atoms with Crippen molar-refractivity contribution in [3.63, 3.8) is 0 Å². The van der Waals surface area contributed by atoms with E-state index in [4.69, 9.17) is 4.74 Å². The number of carbonyl (C=O) groups excluding carboxylic acids is 2. The highest BCUT2D eigenvalue weighted by atomic mass is 16.5. The van der Waals surface area contributed by atoms with Gasteiger partial charge >= 0.3 is 0 Å². The van der Waals surface area contributed by atoms with Gasteiger partial charge in [-0.1, -0.05) is 12.8 Å². The molecule has 0 aromatic heterocycles. The van der Waals surface area contributed by atoms with E-state index in [0.717, 1.165) is 38.2 Å². The van der Waals surface area contributed by atoms with Gasteiger partial charge in [0, 0.05) is 48.9 Å². The van der Waals surface area contributed by atoms with E-state index < -0.39 is 0 Å². The number of likely N-dealkylation sites (tertiary alicyclic amines) is 1. The highest BCUT2D eigenvalue weighted by Crippen LogP contribution is 2.60. The number of imide groups is 1. The van der Waals surface area contributed by atoms with Crippen LogP contribution in [-0.4, -0.2) is 47.6 Å². The Morgan fingerprint density at radius 1 is 0.960 bits per heavy atom. The zero-order valence-electron chi connectivity index (χ0n) is 15.0. The van der Waals surface area contributed by atoms with Gasteiger partial charge in [0.15, 0.2) is 0 Å². The van der Waals surface area contributed by atoms with Crippen LogP contribution in [0.25, 0.3) is 0 Å². The average molecular weight is 346 g/mol. The van der Waals surface area contributed by atoms with Crippen LogP contribution >= 0.6 is 0 Å². The molecule has 0 bridgehead atoms. The summed E-state index contributed by atoms with van der Waals surface area (Å²) in [6, 6.07) is 1.34. The van der Waals surface area contributed by atoms with Crippen LogP contribution in [0.2, 0.25) is 0 Å². The Morgan fingerprint density at radius 2 is 1.64 bits per heavy atom. The molecule has 138 valence electrons. The highest BCUT2D eigenvalue weighted by Gasteiger charge is 2.64. The fourth-order valence-corrected chi connectivity index (χ4v) is 6.70. The summed E-state index contributed by atoms with van der Waals surface area (Å²) in [5.41, 5.74) is 0.416. The van der Waals surface area contributed by atoms with Crippen molar-refractivity contribution in [2.45, 2.75) is 94.9 Å². The molecule has 0 radical (unpaired) electrons. The molecule has 5 heteroatoms. The van der Waals surface area contributed by atoms with Crippen LogP contribution in [0.15, 0.2) is 0 Å². The Balaban J connectivity index is 1.20. The van der Waals surface area contributed by atoms with E-state index in [9.17, 15) is 9.59 Å². The number of nitrogens with one attached hydrogen (secondary N) is 1. The Kier molecular flexibility index (Phi) is 3.93. The summed E-state index contributed by atoms with van der Waals surface area (Å²) in [5.74, 6) is 0.824. The summed E-state index contributed by atoms with van der Waals surface area (Å²) in [6.07, 6.45) is 12.1. The first-order valence-corrected chi connectivity index (χ1v) is 10.4. The van der Waals surface area contributed by atoms with Crippen LogP contribution in [0.1, 0.15) is 70.6 Å². The molecule has 2 heterocycles. The van der Waals surface area contributed by atoms with Crippen molar-refractivity contribution in [3.8, 4) is 0 Å². The van der Waals surface area contributed by atoms with Crippen LogP contribution in [0.3, 0.4) is 0 Å². The molecular weight excluding hydrogens is 316 g/mol. The van der Waals surface area contributed by atoms with Crippen molar-refractivity contribution in [1.82, 2.24) is 10.2 Å². The minimum atomic E-state index is 0.0521. The van der Waals surface area contributed by atoms with Crippen LogP contribution < -0.4 is 5.32 Å². The number of hydrogen-bond donors (Lipinski definition) is 1. The summed E-state index contributed by atoms with van der Waals surface area (Å²) in [7, 11) is 0. The quantitative estimate of drug-likeness (QED) is 0.797. The SMILES string of the molecule is O=C1CCC(=O)N1C1CCC(NC2C3CCOC3C23CCCC3)CC1. The lowest BCUT2D eigenvalue weighted by atomic mass is 9.54. The number of amides is 2. The van der Waals surface area contributed by atoms with Gasteiger partial charge < -0.3 is 10.1 Å². The number of hydrogen-bond acceptors (Lipinski definition) is 4. The first kappa shape index (κ1) is 16.2. The third-order valence-corrected chi connectivity index (χ3v) is 7.85. The van der Waals surface area contributed by atoms with E-state index >= 15 is 0 Å². The van der Waals surface area contributed by atoms with Crippen LogP contribution in [0.5, 0.6) is 0 Å². The number of rotatable bonds is 3.